The van der Waals surface area contributed by atoms with Gasteiger partial charge < -0.3 is 10.1 Å². The first-order chi connectivity index (χ1) is 13.6. The highest BCUT2D eigenvalue weighted by atomic mass is 32.2. The van der Waals surface area contributed by atoms with Gasteiger partial charge in [-0.15, -0.1) is 0 Å². The fourth-order valence-corrected chi connectivity index (χ4v) is 3.47. The van der Waals surface area contributed by atoms with E-state index in [1.165, 1.54) is 56.3 Å². The number of ether oxygens (including phenoxy) is 1. The largest absolute Gasteiger partial charge is 0.434 e. The zero-order valence-corrected chi connectivity index (χ0v) is 16.6. The number of hydrogen-bond acceptors (Lipinski definition) is 5. The van der Waals surface area contributed by atoms with Crippen LogP contribution in [0.1, 0.15) is 29.3 Å². The van der Waals surface area contributed by atoms with Crippen LogP contribution in [-0.2, 0) is 14.8 Å². The van der Waals surface area contributed by atoms with Gasteiger partial charge in [0, 0.05) is 29.8 Å². The summed E-state index contributed by atoms with van der Waals surface area (Å²) in [6.45, 7) is -0.272. The van der Waals surface area contributed by atoms with Gasteiger partial charge >= 0.3 is 6.61 Å². The zero-order chi connectivity index (χ0) is 21.6. The molecule has 0 spiro atoms. The van der Waals surface area contributed by atoms with Crippen molar-refractivity contribution in [3.63, 3.8) is 0 Å². The second-order valence-corrected chi connectivity index (χ2v) is 7.85. The van der Waals surface area contributed by atoms with E-state index in [0.29, 0.717) is 11.1 Å². The highest BCUT2D eigenvalue weighted by molar-refractivity contribution is 7.89. The number of benzene rings is 2. The van der Waals surface area contributed by atoms with E-state index in [1.807, 2.05) is 0 Å². The maximum absolute atomic E-state index is 12.4. The SMILES string of the molecule is CC(=O)c1ccc(S(=O)(=O)NCCC(=O)Nc2cccc(OC(F)F)c2C)cc1. The van der Waals surface area contributed by atoms with Crippen LogP contribution < -0.4 is 14.8 Å². The maximum atomic E-state index is 12.4. The van der Waals surface area contributed by atoms with Crippen molar-refractivity contribution in [2.45, 2.75) is 31.8 Å². The standard InChI is InChI=1S/C19H20F2N2O5S/c1-12-16(4-3-5-17(12)28-19(20)21)23-18(25)10-11-22-29(26,27)15-8-6-14(7-9-15)13(2)24/h3-9,19,22H,10-11H2,1-2H3,(H,23,25). The lowest BCUT2D eigenvalue weighted by Crippen LogP contribution is -2.28. The zero-order valence-electron chi connectivity index (χ0n) is 15.7. The fourth-order valence-electron chi connectivity index (χ4n) is 2.44. The first-order valence-corrected chi connectivity index (χ1v) is 10.0. The minimum absolute atomic E-state index is 0.0319. The van der Waals surface area contributed by atoms with Gasteiger partial charge in [-0.25, -0.2) is 13.1 Å². The average Bonchev–Trinajstić information content (AvgIpc) is 2.64. The molecular formula is C19H20F2N2O5S. The molecule has 2 N–H and O–H groups in total. The Hall–Kier alpha value is -2.85. The third-order valence-electron chi connectivity index (χ3n) is 3.99. The molecule has 1 amide bonds. The smallest absolute Gasteiger partial charge is 0.387 e. The number of sulfonamides is 1. The number of nitrogens with one attached hydrogen (secondary N) is 2. The van der Waals surface area contributed by atoms with Crippen LogP contribution in [0.3, 0.4) is 0 Å². The van der Waals surface area contributed by atoms with E-state index in [-0.39, 0.29) is 35.1 Å². The van der Waals surface area contributed by atoms with Crippen molar-refractivity contribution < 1.29 is 31.5 Å². The number of hydrogen-bond donors (Lipinski definition) is 2. The van der Waals surface area contributed by atoms with Gasteiger partial charge in [-0.05, 0) is 38.1 Å². The summed E-state index contributed by atoms with van der Waals surface area (Å²) in [5.74, 6) is -0.749. The van der Waals surface area contributed by atoms with E-state index < -0.39 is 22.5 Å². The van der Waals surface area contributed by atoms with Gasteiger partial charge in [0.2, 0.25) is 15.9 Å². The molecule has 10 heteroatoms. The van der Waals surface area contributed by atoms with Gasteiger partial charge in [-0.2, -0.15) is 8.78 Å². The highest BCUT2D eigenvalue weighted by Gasteiger charge is 2.16. The number of carbonyl (C=O) groups excluding carboxylic acids is 2. The van der Waals surface area contributed by atoms with Crippen LogP contribution in [0.25, 0.3) is 0 Å². The number of anilines is 1. The number of Topliss-reactive ketones (excluding diaryl/α,β-unsaturated/α-hetero) is 1. The highest BCUT2D eigenvalue weighted by Crippen LogP contribution is 2.26. The normalized spacial score (nSPS) is 11.3. The molecule has 0 atom stereocenters. The lowest BCUT2D eigenvalue weighted by molar-refractivity contribution is -0.116. The van der Waals surface area contributed by atoms with E-state index in [1.54, 1.807) is 0 Å². The first kappa shape index (κ1) is 22.4. The predicted molar refractivity (Wildman–Crippen MR) is 103 cm³/mol. The molecule has 2 aromatic rings. The van der Waals surface area contributed by atoms with Crippen LogP contribution >= 0.6 is 0 Å². The van der Waals surface area contributed by atoms with Crippen LogP contribution in [0.5, 0.6) is 5.75 Å². The Labute approximate surface area is 167 Å². The molecular weight excluding hydrogens is 406 g/mol. The summed E-state index contributed by atoms with van der Waals surface area (Å²) < 4.78 is 55.9. The van der Waals surface area contributed by atoms with Gasteiger partial charge in [0.1, 0.15) is 5.75 Å². The summed E-state index contributed by atoms with van der Waals surface area (Å²) in [4.78, 5) is 23.3. The molecule has 0 heterocycles. The number of halogens is 2. The predicted octanol–water partition coefficient (Wildman–Crippen LogP) is 3.11. The number of ketones is 1. The first-order valence-electron chi connectivity index (χ1n) is 8.55. The summed E-state index contributed by atoms with van der Waals surface area (Å²) in [6.07, 6.45) is -0.176. The van der Waals surface area contributed by atoms with Gasteiger partial charge in [0.25, 0.3) is 0 Å². The van der Waals surface area contributed by atoms with E-state index in [2.05, 4.69) is 14.8 Å². The molecule has 0 bridgehead atoms. The average molecular weight is 426 g/mol. The van der Waals surface area contributed by atoms with E-state index in [0.717, 1.165) is 0 Å². The molecule has 0 aliphatic heterocycles. The molecule has 0 aromatic heterocycles. The van der Waals surface area contributed by atoms with E-state index in [4.69, 9.17) is 0 Å². The minimum atomic E-state index is -3.84. The maximum Gasteiger partial charge on any atom is 0.387 e. The van der Waals surface area contributed by atoms with Crippen molar-refractivity contribution in [3.8, 4) is 5.75 Å². The summed E-state index contributed by atoms with van der Waals surface area (Å²) in [7, 11) is -3.84. The number of carbonyl (C=O) groups is 2. The summed E-state index contributed by atoms with van der Waals surface area (Å²) in [5, 5.41) is 2.53. The third-order valence-corrected chi connectivity index (χ3v) is 5.47. The van der Waals surface area contributed by atoms with Crippen molar-refractivity contribution in [3.05, 3.63) is 53.6 Å². The molecule has 7 nitrogen and oxygen atoms in total. The topological polar surface area (TPSA) is 102 Å². The van der Waals surface area contributed by atoms with Crippen molar-refractivity contribution in [1.29, 1.82) is 0 Å². The van der Waals surface area contributed by atoms with Crippen molar-refractivity contribution >= 4 is 27.4 Å². The number of rotatable bonds is 9. The summed E-state index contributed by atoms with van der Waals surface area (Å²) >= 11 is 0. The van der Waals surface area contributed by atoms with E-state index in [9.17, 15) is 26.8 Å². The monoisotopic (exact) mass is 426 g/mol. The molecule has 0 aliphatic carbocycles. The van der Waals surface area contributed by atoms with Crippen LogP contribution in [0, 0.1) is 6.92 Å². The van der Waals surface area contributed by atoms with Gasteiger partial charge in [0.05, 0.1) is 4.90 Å². The molecule has 156 valence electrons. The third kappa shape index (κ3) is 6.33. The fraction of sp³-hybridized carbons (Fsp3) is 0.263. The van der Waals surface area contributed by atoms with Crippen LogP contribution in [-0.4, -0.2) is 33.3 Å². The Morgan fingerprint density at radius 1 is 1.10 bits per heavy atom. The molecule has 0 aliphatic rings. The van der Waals surface area contributed by atoms with Gasteiger partial charge in [0.15, 0.2) is 5.78 Å². The molecule has 0 unspecified atom stereocenters. The molecule has 0 fully saturated rings. The van der Waals surface area contributed by atoms with Crippen molar-refractivity contribution in [2.24, 2.45) is 0 Å². The molecule has 29 heavy (non-hydrogen) atoms. The lowest BCUT2D eigenvalue weighted by Gasteiger charge is -2.13. The second kappa shape index (κ2) is 9.57. The van der Waals surface area contributed by atoms with Crippen LogP contribution in [0.15, 0.2) is 47.4 Å². The summed E-state index contributed by atoms with van der Waals surface area (Å²) in [5.41, 5.74) is 1.000. The Morgan fingerprint density at radius 2 is 1.76 bits per heavy atom. The van der Waals surface area contributed by atoms with Gasteiger partial charge in [-0.1, -0.05) is 18.2 Å². The molecule has 2 rings (SSSR count). The summed E-state index contributed by atoms with van der Waals surface area (Å²) in [6, 6.07) is 9.73. The van der Waals surface area contributed by atoms with Crippen LogP contribution in [0.2, 0.25) is 0 Å². The lowest BCUT2D eigenvalue weighted by atomic mass is 10.1. The molecule has 0 radical (unpaired) electrons. The molecule has 0 saturated heterocycles. The molecule has 2 aromatic carbocycles. The second-order valence-electron chi connectivity index (χ2n) is 6.08. The Bertz CT molecular complexity index is 992. The Balaban J connectivity index is 1.93. The van der Waals surface area contributed by atoms with Crippen molar-refractivity contribution in [2.75, 3.05) is 11.9 Å². The Morgan fingerprint density at radius 3 is 2.34 bits per heavy atom. The quantitative estimate of drug-likeness (QED) is 0.600. The molecule has 0 saturated carbocycles. The number of alkyl halides is 2. The van der Waals surface area contributed by atoms with Crippen molar-refractivity contribution in [1.82, 2.24) is 4.72 Å². The van der Waals surface area contributed by atoms with Crippen LogP contribution in [0.4, 0.5) is 14.5 Å². The van der Waals surface area contributed by atoms with E-state index >= 15 is 0 Å². The van der Waals surface area contributed by atoms with Gasteiger partial charge in [-0.3, -0.25) is 9.59 Å². The Kier molecular flexibility index (Phi) is 7.40. The minimum Gasteiger partial charge on any atom is -0.434 e. The number of amides is 1.